The Labute approximate surface area is 151 Å². The molecule has 6 nitrogen and oxygen atoms in total. The molecule has 8 heteroatoms. The minimum atomic E-state index is -3.29. The Hall–Kier alpha value is -2.25. The summed E-state index contributed by atoms with van der Waals surface area (Å²) in [6.07, 6.45) is 0.584. The second kappa shape index (κ2) is 7.33. The third kappa shape index (κ3) is 4.24. The number of benzene rings is 2. The van der Waals surface area contributed by atoms with Gasteiger partial charge in [-0.15, -0.1) is 0 Å². The Kier molecular flexibility index (Phi) is 5.15. The van der Waals surface area contributed by atoms with Crippen LogP contribution < -0.4 is 14.9 Å². The first kappa shape index (κ1) is 17.6. The van der Waals surface area contributed by atoms with E-state index in [4.69, 9.17) is 11.6 Å². The maximum Gasteiger partial charge on any atom is 0.319 e. The van der Waals surface area contributed by atoms with Crippen LogP contribution in [0.3, 0.4) is 0 Å². The van der Waals surface area contributed by atoms with Crippen molar-refractivity contribution in [3.05, 3.63) is 59.1 Å². The van der Waals surface area contributed by atoms with Crippen LogP contribution in [0.25, 0.3) is 0 Å². The molecule has 1 heterocycles. The van der Waals surface area contributed by atoms with Crippen molar-refractivity contribution in [2.75, 3.05) is 21.9 Å². The second-order valence-corrected chi connectivity index (χ2v) is 8.12. The van der Waals surface area contributed by atoms with E-state index < -0.39 is 10.0 Å². The largest absolute Gasteiger partial charge is 0.334 e. The van der Waals surface area contributed by atoms with E-state index in [1.54, 1.807) is 18.2 Å². The second-order valence-electron chi connectivity index (χ2n) is 5.70. The molecule has 2 amide bonds. The zero-order valence-electron chi connectivity index (χ0n) is 13.4. The third-order valence-electron chi connectivity index (χ3n) is 3.87. The average Bonchev–Trinajstić information content (AvgIpc) is 2.93. The molecule has 0 unspecified atom stereocenters. The van der Waals surface area contributed by atoms with Crippen LogP contribution in [0.1, 0.15) is 12.0 Å². The van der Waals surface area contributed by atoms with Crippen LogP contribution in [0, 0.1) is 0 Å². The van der Waals surface area contributed by atoms with E-state index in [1.807, 2.05) is 30.3 Å². The van der Waals surface area contributed by atoms with Crippen molar-refractivity contribution in [3.63, 3.8) is 0 Å². The number of carbonyl (C=O) groups is 1. The van der Waals surface area contributed by atoms with E-state index in [9.17, 15) is 13.2 Å². The zero-order chi connectivity index (χ0) is 17.9. The molecule has 25 heavy (non-hydrogen) atoms. The highest BCUT2D eigenvalue weighted by atomic mass is 35.5. The zero-order valence-corrected chi connectivity index (χ0v) is 15.0. The van der Waals surface area contributed by atoms with Crippen molar-refractivity contribution >= 4 is 39.0 Å². The fourth-order valence-corrected chi connectivity index (χ4v) is 4.56. The van der Waals surface area contributed by atoms with Gasteiger partial charge in [-0.3, -0.25) is 4.31 Å². The summed E-state index contributed by atoms with van der Waals surface area (Å²) in [5, 5.41) is 5.72. The molecule has 2 aromatic carbocycles. The molecule has 1 fully saturated rings. The number of carbonyl (C=O) groups excluding carboxylic acids is 1. The van der Waals surface area contributed by atoms with Crippen molar-refractivity contribution in [2.45, 2.75) is 13.0 Å². The number of nitrogens with one attached hydrogen (secondary N) is 2. The van der Waals surface area contributed by atoms with Crippen LogP contribution in [0.15, 0.2) is 48.5 Å². The Morgan fingerprint density at radius 3 is 2.56 bits per heavy atom. The molecular formula is C17H18ClN3O3S. The van der Waals surface area contributed by atoms with E-state index in [0.717, 1.165) is 5.56 Å². The summed E-state index contributed by atoms with van der Waals surface area (Å²) in [5.41, 5.74) is 1.93. The van der Waals surface area contributed by atoms with Crippen molar-refractivity contribution in [2.24, 2.45) is 0 Å². The highest BCUT2D eigenvalue weighted by Gasteiger charge is 2.29. The summed E-state index contributed by atoms with van der Waals surface area (Å²) in [4.78, 5) is 12.0. The average molecular weight is 380 g/mol. The van der Waals surface area contributed by atoms with Crippen LogP contribution in [0.2, 0.25) is 5.02 Å². The molecule has 0 spiro atoms. The van der Waals surface area contributed by atoms with Gasteiger partial charge in [-0.25, -0.2) is 13.2 Å². The summed E-state index contributed by atoms with van der Waals surface area (Å²) in [6.45, 7) is 0.830. The van der Waals surface area contributed by atoms with Crippen molar-refractivity contribution in [3.8, 4) is 0 Å². The summed E-state index contributed by atoms with van der Waals surface area (Å²) in [7, 11) is -3.29. The van der Waals surface area contributed by atoms with Gasteiger partial charge in [-0.05, 0) is 30.2 Å². The van der Waals surface area contributed by atoms with Gasteiger partial charge in [0, 0.05) is 18.8 Å². The third-order valence-corrected chi connectivity index (χ3v) is 6.03. The van der Waals surface area contributed by atoms with E-state index in [0.29, 0.717) is 30.9 Å². The lowest BCUT2D eigenvalue weighted by atomic mass is 10.2. The quantitative estimate of drug-likeness (QED) is 0.856. The van der Waals surface area contributed by atoms with Crippen molar-refractivity contribution in [1.82, 2.24) is 5.32 Å². The van der Waals surface area contributed by atoms with Gasteiger partial charge in [-0.2, -0.15) is 0 Å². The standard InChI is InChI=1S/C17H18ClN3O3S/c18-15-11-14(7-8-16(15)21-9-4-10-25(21,23)24)20-17(22)19-12-13-5-2-1-3-6-13/h1-3,5-8,11H,4,9-10,12H2,(H2,19,20,22). The molecule has 0 aliphatic carbocycles. The molecule has 2 N–H and O–H groups in total. The monoisotopic (exact) mass is 379 g/mol. The minimum absolute atomic E-state index is 0.130. The van der Waals surface area contributed by atoms with Gasteiger partial charge in [0.2, 0.25) is 10.0 Å². The van der Waals surface area contributed by atoms with Gasteiger partial charge >= 0.3 is 6.03 Å². The number of anilines is 2. The van der Waals surface area contributed by atoms with Gasteiger partial charge in [-0.1, -0.05) is 41.9 Å². The predicted molar refractivity (Wildman–Crippen MR) is 99.5 cm³/mol. The molecule has 0 aromatic heterocycles. The molecule has 0 bridgehead atoms. The summed E-state index contributed by atoms with van der Waals surface area (Å²) in [5.74, 6) is 0.130. The van der Waals surface area contributed by atoms with Crippen molar-refractivity contribution in [1.29, 1.82) is 0 Å². The van der Waals surface area contributed by atoms with E-state index in [1.165, 1.54) is 4.31 Å². The number of hydrogen-bond acceptors (Lipinski definition) is 3. The minimum Gasteiger partial charge on any atom is -0.334 e. The SMILES string of the molecule is O=C(NCc1ccccc1)Nc1ccc(N2CCCS2(=O)=O)c(Cl)c1. The Bertz CT molecular complexity index is 872. The van der Waals surface area contributed by atoms with Gasteiger partial charge < -0.3 is 10.6 Å². The number of hydrogen-bond donors (Lipinski definition) is 2. The molecule has 132 valence electrons. The number of rotatable bonds is 4. The highest BCUT2D eigenvalue weighted by Crippen LogP contribution is 2.33. The number of nitrogens with zero attached hydrogens (tertiary/aromatic N) is 1. The molecule has 2 aromatic rings. The Morgan fingerprint density at radius 2 is 1.92 bits per heavy atom. The Balaban J connectivity index is 1.64. The Morgan fingerprint density at radius 1 is 1.16 bits per heavy atom. The summed E-state index contributed by atoms with van der Waals surface area (Å²) >= 11 is 6.22. The first-order valence-electron chi connectivity index (χ1n) is 7.84. The maximum atomic E-state index is 12.0. The van der Waals surface area contributed by atoms with Gasteiger partial charge in [0.05, 0.1) is 16.5 Å². The smallest absolute Gasteiger partial charge is 0.319 e. The van der Waals surface area contributed by atoms with Crippen molar-refractivity contribution < 1.29 is 13.2 Å². The number of halogens is 1. The van der Waals surface area contributed by atoms with Crippen LogP contribution in [0.5, 0.6) is 0 Å². The lowest BCUT2D eigenvalue weighted by Gasteiger charge is -2.19. The molecule has 1 aliphatic rings. The molecule has 0 radical (unpaired) electrons. The molecular weight excluding hydrogens is 362 g/mol. The molecule has 1 saturated heterocycles. The van der Waals surface area contributed by atoms with Crippen LogP contribution in [-0.2, 0) is 16.6 Å². The van der Waals surface area contributed by atoms with Crippen LogP contribution in [-0.4, -0.2) is 26.7 Å². The lowest BCUT2D eigenvalue weighted by Crippen LogP contribution is -2.28. The lowest BCUT2D eigenvalue weighted by molar-refractivity contribution is 0.251. The van der Waals surface area contributed by atoms with Crippen LogP contribution in [0.4, 0.5) is 16.2 Å². The molecule has 0 atom stereocenters. The van der Waals surface area contributed by atoms with Gasteiger partial charge in [0.1, 0.15) is 0 Å². The highest BCUT2D eigenvalue weighted by molar-refractivity contribution is 7.93. The first-order valence-corrected chi connectivity index (χ1v) is 9.83. The normalized spacial score (nSPS) is 15.8. The fraction of sp³-hybridized carbons (Fsp3) is 0.235. The molecule has 1 aliphatic heterocycles. The van der Waals surface area contributed by atoms with Crippen LogP contribution >= 0.6 is 11.6 Å². The summed E-state index contributed by atoms with van der Waals surface area (Å²) in [6, 6.07) is 14.0. The number of amides is 2. The fourth-order valence-electron chi connectivity index (χ4n) is 2.65. The number of sulfonamides is 1. The first-order chi connectivity index (χ1) is 12.0. The molecule has 3 rings (SSSR count). The van der Waals surface area contributed by atoms with E-state index >= 15 is 0 Å². The molecule has 0 saturated carbocycles. The maximum absolute atomic E-state index is 12.0. The predicted octanol–water partition coefficient (Wildman–Crippen LogP) is 3.20. The number of urea groups is 1. The topological polar surface area (TPSA) is 78.5 Å². The van der Waals surface area contributed by atoms with E-state index in [2.05, 4.69) is 10.6 Å². The van der Waals surface area contributed by atoms with Gasteiger partial charge in [0.25, 0.3) is 0 Å². The van der Waals surface area contributed by atoms with Gasteiger partial charge in [0.15, 0.2) is 0 Å². The van der Waals surface area contributed by atoms with E-state index in [-0.39, 0.29) is 16.8 Å². The summed E-state index contributed by atoms with van der Waals surface area (Å²) < 4.78 is 25.3.